The standard InChI is InChI=1S/C13H24N2O3/c1-10(12(18)14-2)15(3)13(9-11(16)17)7-5-4-6-8-13/h10H,4-9H2,1-3H3,(H,14,18)(H,16,17). The fraction of sp³-hybridized carbons (Fsp3) is 0.846. The first kappa shape index (κ1) is 15.0. The van der Waals surface area contributed by atoms with E-state index in [0.717, 1.165) is 32.1 Å². The van der Waals surface area contributed by atoms with Crippen molar-refractivity contribution in [3.8, 4) is 0 Å². The molecule has 1 amide bonds. The molecular weight excluding hydrogens is 232 g/mol. The molecular formula is C13H24N2O3. The predicted octanol–water partition coefficient (Wildman–Crippen LogP) is 1.23. The zero-order valence-corrected chi connectivity index (χ0v) is 11.5. The lowest BCUT2D eigenvalue weighted by molar-refractivity contribution is -0.143. The Morgan fingerprint density at radius 1 is 1.33 bits per heavy atom. The zero-order chi connectivity index (χ0) is 13.8. The third-order valence-corrected chi connectivity index (χ3v) is 4.22. The van der Waals surface area contributed by atoms with E-state index in [9.17, 15) is 9.59 Å². The van der Waals surface area contributed by atoms with Crippen LogP contribution in [0.4, 0.5) is 0 Å². The number of carboxylic acid groups (broad SMARTS) is 1. The van der Waals surface area contributed by atoms with Gasteiger partial charge in [0.05, 0.1) is 12.5 Å². The molecule has 0 bridgehead atoms. The van der Waals surface area contributed by atoms with Gasteiger partial charge in [0.25, 0.3) is 0 Å². The summed E-state index contributed by atoms with van der Waals surface area (Å²) in [6.07, 6.45) is 5.07. The first-order valence-electron chi connectivity index (χ1n) is 6.59. The zero-order valence-electron chi connectivity index (χ0n) is 11.5. The summed E-state index contributed by atoms with van der Waals surface area (Å²) in [5.41, 5.74) is -0.365. The summed E-state index contributed by atoms with van der Waals surface area (Å²) in [4.78, 5) is 24.8. The van der Waals surface area contributed by atoms with E-state index in [1.165, 1.54) is 0 Å². The molecule has 1 atom stereocenters. The van der Waals surface area contributed by atoms with Crippen LogP contribution in [-0.2, 0) is 9.59 Å². The maximum absolute atomic E-state index is 11.7. The highest BCUT2D eigenvalue weighted by atomic mass is 16.4. The smallest absolute Gasteiger partial charge is 0.305 e. The van der Waals surface area contributed by atoms with Crippen LogP contribution < -0.4 is 5.32 Å². The molecule has 0 aromatic heterocycles. The van der Waals surface area contributed by atoms with Crippen molar-refractivity contribution in [3.05, 3.63) is 0 Å². The van der Waals surface area contributed by atoms with Crippen molar-refractivity contribution in [1.29, 1.82) is 0 Å². The number of hydrogen-bond donors (Lipinski definition) is 2. The first-order valence-corrected chi connectivity index (χ1v) is 6.59. The van der Waals surface area contributed by atoms with Crippen molar-refractivity contribution in [2.75, 3.05) is 14.1 Å². The lowest BCUT2D eigenvalue weighted by Gasteiger charge is -2.46. The maximum Gasteiger partial charge on any atom is 0.305 e. The van der Waals surface area contributed by atoms with Gasteiger partial charge in [-0.3, -0.25) is 14.5 Å². The Labute approximate surface area is 109 Å². The minimum Gasteiger partial charge on any atom is -0.481 e. The third kappa shape index (κ3) is 3.22. The van der Waals surface area contributed by atoms with Gasteiger partial charge in [-0.15, -0.1) is 0 Å². The lowest BCUT2D eigenvalue weighted by Crippen LogP contribution is -2.56. The molecule has 1 saturated carbocycles. The van der Waals surface area contributed by atoms with Crippen LogP contribution in [-0.4, -0.2) is 47.6 Å². The number of amides is 1. The van der Waals surface area contributed by atoms with E-state index >= 15 is 0 Å². The second-order valence-corrected chi connectivity index (χ2v) is 5.26. The van der Waals surface area contributed by atoms with Crippen LogP contribution in [0.5, 0.6) is 0 Å². The average Bonchev–Trinajstić information content (AvgIpc) is 2.36. The molecule has 0 aromatic carbocycles. The number of nitrogens with zero attached hydrogens (tertiary/aromatic N) is 1. The summed E-state index contributed by atoms with van der Waals surface area (Å²) in [7, 11) is 3.48. The summed E-state index contributed by atoms with van der Waals surface area (Å²) < 4.78 is 0. The van der Waals surface area contributed by atoms with E-state index in [2.05, 4.69) is 5.32 Å². The van der Waals surface area contributed by atoms with Crippen molar-refractivity contribution >= 4 is 11.9 Å². The van der Waals surface area contributed by atoms with Gasteiger partial charge in [0.2, 0.25) is 5.91 Å². The molecule has 1 unspecified atom stereocenters. The Morgan fingerprint density at radius 2 is 1.89 bits per heavy atom. The lowest BCUT2D eigenvalue weighted by atomic mass is 9.77. The Bertz CT molecular complexity index is 311. The molecule has 0 aromatic rings. The van der Waals surface area contributed by atoms with Crippen LogP contribution in [0.1, 0.15) is 45.4 Å². The van der Waals surface area contributed by atoms with Crippen molar-refractivity contribution in [2.45, 2.75) is 57.0 Å². The van der Waals surface area contributed by atoms with Crippen molar-refractivity contribution in [1.82, 2.24) is 10.2 Å². The van der Waals surface area contributed by atoms with Gasteiger partial charge < -0.3 is 10.4 Å². The van der Waals surface area contributed by atoms with Gasteiger partial charge in [-0.05, 0) is 26.8 Å². The Morgan fingerprint density at radius 3 is 2.33 bits per heavy atom. The normalized spacial score (nSPS) is 20.4. The highest BCUT2D eigenvalue weighted by Gasteiger charge is 2.41. The average molecular weight is 256 g/mol. The second kappa shape index (κ2) is 6.18. The monoisotopic (exact) mass is 256 g/mol. The Hall–Kier alpha value is -1.10. The second-order valence-electron chi connectivity index (χ2n) is 5.26. The van der Waals surface area contributed by atoms with Crippen LogP contribution >= 0.6 is 0 Å². The van der Waals surface area contributed by atoms with Gasteiger partial charge >= 0.3 is 5.97 Å². The number of rotatable bonds is 5. The highest BCUT2D eigenvalue weighted by Crippen LogP contribution is 2.36. The minimum absolute atomic E-state index is 0.0622. The fourth-order valence-electron chi connectivity index (χ4n) is 2.94. The summed E-state index contributed by atoms with van der Waals surface area (Å²) >= 11 is 0. The summed E-state index contributed by atoms with van der Waals surface area (Å²) in [5, 5.41) is 11.8. The quantitative estimate of drug-likeness (QED) is 0.776. The number of carbonyl (C=O) groups excluding carboxylic acids is 1. The van der Waals surface area contributed by atoms with Crippen molar-refractivity contribution < 1.29 is 14.7 Å². The van der Waals surface area contributed by atoms with Crippen molar-refractivity contribution in [3.63, 3.8) is 0 Å². The van der Waals surface area contributed by atoms with Gasteiger partial charge in [-0.25, -0.2) is 0 Å². The predicted molar refractivity (Wildman–Crippen MR) is 69.4 cm³/mol. The molecule has 2 N–H and O–H groups in total. The Balaban J connectivity index is 2.87. The van der Waals surface area contributed by atoms with Crippen LogP contribution in [0, 0.1) is 0 Å². The molecule has 1 aliphatic rings. The molecule has 0 spiro atoms. The molecule has 0 saturated heterocycles. The topological polar surface area (TPSA) is 69.6 Å². The number of carboxylic acids is 1. The van der Waals surface area contributed by atoms with Crippen molar-refractivity contribution in [2.24, 2.45) is 0 Å². The van der Waals surface area contributed by atoms with Crippen LogP contribution in [0.3, 0.4) is 0 Å². The van der Waals surface area contributed by atoms with E-state index in [4.69, 9.17) is 5.11 Å². The number of nitrogens with one attached hydrogen (secondary N) is 1. The minimum atomic E-state index is -0.784. The summed E-state index contributed by atoms with van der Waals surface area (Å²) in [5.74, 6) is -0.847. The fourth-order valence-corrected chi connectivity index (χ4v) is 2.94. The molecule has 0 heterocycles. The van der Waals surface area contributed by atoms with Gasteiger partial charge in [0.15, 0.2) is 0 Å². The van der Waals surface area contributed by atoms with E-state index in [1.54, 1.807) is 7.05 Å². The highest BCUT2D eigenvalue weighted by molar-refractivity contribution is 5.81. The van der Waals surface area contributed by atoms with Crippen LogP contribution in [0.25, 0.3) is 0 Å². The molecule has 5 heteroatoms. The summed E-state index contributed by atoms with van der Waals surface area (Å²) in [6, 6.07) is -0.299. The number of carbonyl (C=O) groups is 2. The van der Waals surface area contributed by atoms with Crippen LogP contribution in [0.15, 0.2) is 0 Å². The van der Waals surface area contributed by atoms with Gasteiger partial charge in [0, 0.05) is 12.6 Å². The molecule has 18 heavy (non-hydrogen) atoms. The molecule has 0 aliphatic heterocycles. The maximum atomic E-state index is 11.7. The molecule has 1 rings (SSSR count). The van der Waals surface area contributed by atoms with Gasteiger partial charge in [-0.1, -0.05) is 19.3 Å². The molecule has 5 nitrogen and oxygen atoms in total. The number of hydrogen-bond acceptors (Lipinski definition) is 3. The van der Waals surface area contributed by atoms with Crippen LogP contribution in [0.2, 0.25) is 0 Å². The van der Waals surface area contributed by atoms with E-state index in [0.29, 0.717) is 0 Å². The van der Waals surface area contributed by atoms with Gasteiger partial charge in [-0.2, -0.15) is 0 Å². The SMILES string of the molecule is CNC(=O)C(C)N(C)C1(CC(=O)O)CCCCC1. The van der Waals surface area contributed by atoms with E-state index in [1.807, 2.05) is 18.9 Å². The van der Waals surface area contributed by atoms with Gasteiger partial charge in [0.1, 0.15) is 0 Å². The number of aliphatic carboxylic acids is 1. The number of likely N-dealkylation sites (N-methyl/N-ethyl adjacent to an activating group) is 2. The molecule has 0 radical (unpaired) electrons. The van der Waals surface area contributed by atoms with E-state index in [-0.39, 0.29) is 23.9 Å². The summed E-state index contributed by atoms with van der Waals surface area (Å²) in [6.45, 7) is 1.83. The molecule has 1 fully saturated rings. The Kier molecular flexibility index (Phi) is 5.14. The third-order valence-electron chi connectivity index (χ3n) is 4.22. The first-order chi connectivity index (χ1) is 8.43. The van der Waals surface area contributed by atoms with E-state index < -0.39 is 5.97 Å². The molecule has 1 aliphatic carbocycles. The largest absolute Gasteiger partial charge is 0.481 e. The molecule has 104 valence electrons.